The van der Waals surface area contributed by atoms with Crippen molar-refractivity contribution < 1.29 is 4.79 Å². The molecule has 2 aromatic carbocycles. The van der Waals surface area contributed by atoms with Crippen molar-refractivity contribution in [3.63, 3.8) is 0 Å². The average molecular weight is 502 g/mol. The van der Waals surface area contributed by atoms with Gasteiger partial charge in [0.25, 0.3) is 11.5 Å². The van der Waals surface area contributed by atoms with Gasteiger partial charge in [0.2, 0.25) is 0 Å². The summed E-state index contributed by atoms with van der Waals surface area (Å²) in [5, 5.41) is 17.3. The minimum absolute atomic E-state index is 0.108. The standard InChI is InChI=1S/C29H23N7O2/c1-20-26(29(38)36(34(20)2)25-11-7-4-8-12-25)32-28(37)22(18-30)17-23-19-35(24-9-5-3-6-10-24)33-27(23)21-13-15-31-16-14-21/h3-17,19H,1-2H3,(H,32,37)/b22-17-. The number of para-hydroxylation sites is 2. The molecule has 3 heterocycles. The predicted octanol–water partition coefficient (Wildman–Crippen LogP) is 4.28. The van der Waals surface area contributed by atoms with Crippen LogP contribution >= 0.6 is 0 Å². The van der Waals surface area contributed by atoms with Gasteiger partial charge in [-0.1, -0.05) is 36.4 Å². The third-order valence-corrected chi connectivity index (χ3v) is 6.17. The minimum Gasteiger partial charge on any atom is -0.315 e. The highest BCUT2D eigenvalue weighted by atomic mass is 16.2. The van der Waals surface area contributed by atoms with Gasteiger partial charge in [0.05, 0.1) is 17.1 Å². The lowest BCUT2D eigenvalue weighted by Gasteiger charge is -2.07. The van der Waals surface area contributed by atoms with Crippen LogP contribution in [0.25, 0.3) is 28.7 Å². The van der Waals surface area contributed by atoms with Gasteiger partial charge in [-0.25, -0.2) is 9.36 Å². The summed E-state index contributed by atoms with van der Waals surface area (Å²) in [6.07, 6.45) is 6.54. The average Bonchev–Trinajstić information content (AvgIpc) is 3.47. The van der Waals surface area contributed by atoms with Gasteiger partial charge < -0.3 is 5.32 Å². The first-order valence-corrected chi connectivity index (χ1v) is 11.8. The maximum atomic E-state index is 13.2. The molecule has 0 radical (unpaired) electrons. The van der Waals surface area contributed by atoms with E-state index in [1.807, 2.05) is 54.6 Å². The van der Waals surface area contributed by atoms with Crippen LogP contribution in [0.3, 0.4) is 0 Å². The Labute approximate surface area is 218 Å². The second-order valence-electron chi connectivity index (χ2n) is 8.51. The number of nitrogens with one attached hydrogen (secondary N) is 1. The normalized spacial score (nSPS) is 11.2. The topological polar surface area (TPSA) is 111 Å². The van der Waals surface area contributed by atoms with E-state index in [1.165, 1.54) is 10.8 Å². The quantitative estimate of drug-likeness (QED) is 0.276. The summed E-state index contributed by atoms with van der Waals surface area (Å²) in [6, 6.07) is 24.2. The number of hydrogen-bond acceptors (Lipinski definition) is 5. The van der Waals surface area contributed by atoms with Gasteiger partial charge in [-0.15, -0.1) is 0 Å². The maximum absolute atomic E-state index is 13.2. The largest absolute Gasteiger partial charge is 0.315 e. The molecule has 5 rings (SSSR count). The van der Waals surface area contributed by atoms with Crippen molar-refractivity contribution in [3.8, 4) is 28.7 Å². The molecule has 3 aromatic heterocycles. The first-order chi connectivity index (χ1) is 18.5. The van der Waals surface area contributed by atoms with Crippen LogP contribution < -0.4 is 10.9 Å². The molecule has 186 valence electrons. The Morgan fingerprint density at radius 1 is 0.974 bits per heavy atom. The number of amides is 1. The van der Waals surface area contributed by atoms with Crippen molar-refractivity contribution in [2.75, 3.05) is 5.32 Å². The zero-order valence-electron chi connectivity index (χ0n) is 20.7. The van der Waals surface area contributed by atoms with E-state index in [0.29, 0.717) is 22.6 Å². The number of anilines is 1. The monoisotopic (exact) mass is 501 g/mol. The molecular weight excluding hydrogens is 478 g/mol. The van der Waals surface area contributed by atoms with Crippen LogP contribution in [-0.2, 0) is 11.8 Å². The molecule has 1 N–H and O–H groups in total. The molecule has 0 aliphatic rings. The Morgan fingerprint density at radius 2 is 1.61 bits per heavy atom. The zero-order valence-corrected chi connectivity index (χ0v) is 20.7. The minimum atomic E-state index is -0.688. The maximum Gasteiger partial charge on any atom is 0.295 e. The van der Waals surface area contributed by atoms with Crippen molar-refractivity contribution in [2.24, 2.45) is 7.05 Å². The van der Waals surface area contributed by atoms with E-state index in [-0.39, 0.29) is 11.3 Å². The summed E-state index contributed by atoms with van der Waals surface area (Å²) < 4.78 is 4.81. The lowest BCUT2D eigenvalue weighted by atomic mass is 10.1. The number of benzene rings is 2. The Bertz CT molecular complexity index is 1740. The van der Waals surface area contributed by atoms with Gasteiger partial charge in [0, 0.05) is 36.8 Å². The Hall–Kier alpha value is -5.49. The third kappa shape index (κ3) is 4.54. The summed E-state index contributed by atoms with van der Waals surface area (Å²) in [5.74, 6) is -0.688. The molecule has 0 spiro atoms. The molecule has 1 amide bonds. The summed E-state index contributed by atoms with van der Waals surface area (Å²) in [4.78, 5) is 30.5. The van der Waals surface area contributed by atoms with E-state index in [0.717, 1.165) is 11.3 Å². The highest BCUT2D eigenvalue weighted by Gasteiger charge is 2.21. The lowest BCUT2D eigenvalue weighted by molar-refractivity contribution is -0.112. The van der Waals surface area contributed by atoms with Crippen LogP contribution in [0.1, 0.15) is 11.3 Å². The van der Waals surface area contributed by atoms with Crippen molar-refractivity contribution in [2.45, 2.75) is 6.92 Å². The molecular formula is C29H23N7O2. The van der Waals surface area contributed by atoms with E-state index < -0.39 is 11.5 Å². The fraction of sp³-hybridized carbons (Fsp3) is 0.0690. The van der Waals surface area contributed by atoms with E-state index >= 15 is 0 Å². The molecule has 0 aliphatic heterocycles. The summed E-state index contributed by atoms with van der Waals surface area (Å²) in [7, 11) is 1.74. The zero-order chi connectivity index (χ0) is 26.6. The highest BCUT2D eigenvalue weighted by molar-refractivity contribution is 6.10. The summed E-state index contributed by atoms with van der Waals surface area (Å²) >= 11 is 0. The fourth-order valence-corrected chi connectivity index (χ4v) is 4.14. The van der Waals surface area contributed by atoms with Crippen LogP contribution in [0.15, 0.2) is 102 Å². The van der Waals surface area contributed by atoms with Crippen LogP contribution in [0.2, 0.25) is 0 Å². The molecule has 0 fully saturated rings. The van der Waals surface area contributed by atoms with Crippen LogP contribution in [-0.4, -0.2) is 30.0 Å². The molecule has 0 saturated heterocycles. The number of carbonyl (C=O) groups excluding carboxylic acids is 1. The molecule has 9 heteroatoms. The number of carbonyl (C=O) groups is 1. The first-order valence-electron chi connectivity index (χ1n) is 11.8. The van der Waals surface area contributed by atoms with Crippen molar-refractivity contribution >= 4 is 17.7 Å². The van der Waals surface area contributed by atoms with Crippen molar-refractivity contribution in [3.05, 3.63) is 119 Å². The lowest BCUT2D eigenvalue weighted by Crippen LogP contribution is -2.23. The Kier molecular flexibility index (Phi) is 6.53. The second kappa shape index (κ2) is 10.2. The number of aromatic nitrogens is 5. The van der Waals surface area contributed by atoms with Gasteiger partial charge in [-0.3, -0.25) is 19.3 Å². The SMILES string of the molecule is Cc1c(NC(=O)/C(C#N)=C\c2cn(-c3ccccc3)nc2-c2ccncc2)c(=O)n(-c2ccccc2)n1C. The van der Waals surface area contributed by atoms with E-state index in [9.17, 15) is 14.9 Å². The number of nitriles is 1. The van der Waals surface area contributed by atoms with Crippen molar-refractivity contribution in [1.29, 1.82) is 5.26 Å². The summed E-state index contributed by atoms with van der Waals surface area (Å²) in [6.45, 7) is 1.73. The van der Waals surface area contributed by atoms with Gasteiger partial charge >= 0.3 is 0 Å². The van der Waals surface area contributed by atoms with Crippen LogP contribution in [0.5, 0.6) is 0 Å². The smallest absolute Gasteiger partial charge is 0.295 e. The molecule has 38 heavy (non-hydrogen) atoms. The first kappa shape index (κ1) is 24.2. The fourth-order valence-electron chi connectivity index (χ4n) is 4.14. The number of rotatable bonds is 6. The van der Waals surface area contributed by atoms with Crippen molar-refractivity contribution in [1.82, 2.24) is 24.1 Å². The molecule has 9 nitrogen and oxygen atoms in total. The van der Waals surface area contributed by atoms with Gasteiger partial charge in [-0.2, -0.15) is 10.4 Å². The molecule has 5 aromatic rings. The van der Waals surface area contributed by atoms with E-state index in [2.05, 4.69) is 10.3 Å². The second-order valence-corrected chi connectivity index (χ2v) is 8.51. The number of pyridine rings is 1. The van der Waals surface area contributed by atoms with E-state index in [4.69, 9.17) is 5.10 Å². The predicted molar refractivity (Wildman–Crippen MR) is 145 cm³/mol. The van der Waals surface area contributed by atoms with Crippen LogP contribution in [0.4, 0.5) is 5.69 Å². The highest BCUT2D eigenvalue weighted by Crippen LogP contribution is 2.26. The Morgan fingerprint density at radius 3 is 2.24 bits per heavy atom. The van der Waals surface area contributed by atoms with Gasteiger partial charge in [-0.05, 0) is 49.4 Å². The molecule has 0 saturated carbocycles. The number of hydrogen-bond donors (Lipinski definition) is 1. The number of nitrogens with zero attached hydrogens (tertiary/aromatic N) is 6. The van der Waals surface area contributed by atoms with Gasteiger partial charge in [0.1, 0.15) is 23.0 Å². The molecule has 0 unspecified atom stereocenters. The molecule has 0 bridgehead atoms. The van der Waals surface area contributed by atoms with Gasteiger partial charge in [0.15, 0.2) is 0 Å². The molecule has 0 aliphatic carbocycles. The molecule has 0 atom stereocenters. The van der Waals surface area contributed by atoms with Crippen LogP contribution in [0, 0.1) is 18.3 Å². The summed E-state index contributed by atoms with van der Waals surface area (Å²) in [5.41, 5.74) is 3.52. The third-order valence-electron chi connectivity index (χ3n) is 6.17. The van der Waals surface area contributed by atoms with E-state index in [1.54, 1.807) is 66.2 Å². The Balaban J connectivity index is 1.54.